The highest BCUT2D eigenvalue weighted by Gasteiger charge is 2.19. The van der Waals surface area contributed by atoms with E-state index in [9.17, 15) is 0 Å². The first-order valence-corrected chi connectivity index (χ1v) is 7.98. The molecule has 2 heterocycles. The predicted molar refractivity (Wildman–Crippen MR) is 83.1 cm³/mol. The van der Waals surface area contributed by atoms with E-state index in [1.54, 1.807) is 0 Å². The van der Waals surface area contributed by atoms with Gasteiger partial charge in [-0.25, -0.2) is 0 Å². The Morgan fingerprint density at radius 1 is 1.37 bits per heavy atom. The summed E-state index contributed by atoms with van der Waals surface area (Å²) in [6.07, 6.45) is 6.43. The molecule has 1 aromatic heterocycles. The van der Waals surface area contributed by atoms with Crippen molar-refractivity contribution in [2.45, 2.75) is 39.3 Å². The van der Waals surface area contributed by atoms with Crippen molar-refractivity contribution >= 4 is 15.9 Å². The summed E-state index contributed by atoms with van der Waals surface area (Å²) in [5.41, 5.74) is 1.29. The van der Waals surface area contributed by atoms with E-state index >= 15 is 0 Å². The molecule has 0 radical (unpaired) electrons. The first-order chi connectivity index (χ1) is 9.15. The first-order valence-electron chi connectivity index (χ1n) is 7.19. The summed E-state index contributed by atoms with van der Waals surface area (Å²) in [6.45, 7) is 9.11. The molecular weight excluding hydrogens is 302 g/mol. The quantitative estimate of drug-likeness (QED) is 0.901. The summed E-state index contributed by atoms with van der Waals surface area (Å²) < 4.78 is 1.07. The van der Waals surface area contributed by atoms with Gasteiger partial charge in [0.2, 0.25) is 0 Å². The van der Waals surface area contributed by atoms with Gasteiger partial charge in [0.1, 0.15) is 0 Å². The van der Waals surface area contributed by atoms with Crippen LogP contribution in [-0.2, 0) is 6.54 Å². The van der Waals surface area contributed by atoms with Crippen LogP contribution in [0.5, 0.6) is 0 Å². The summed E-state index contributed by atoms with van der Waals surface area (Å²) in [5.74, 6) is 0.837. The van der Waals surface area contributed by atoms with Crippen LogP contribution in [0.2, 0.25) is 0 Å². The highest BCUT2D eigenvalue weighted by molar-refractivity contribution is 9.10. The number of aromatic nitrogens is 1. The van der Waals surface area contributed by atoms with Crippen LogP contribution in [0.1, 0.15) is 32.3 Å². The molecule has 0 unspecified atom stereocenters. The van der Waals surface area contributed by atoms with Gasteiger partial charge in [0.25, 0.3) is 0 Å². The van der Waals surface area contributed by atoms with Gasteiger partial charge in [0.05, 0.1) is 0 Å². The van der Waals surface area contributed by atoms with E-state index in [1.165, 1.54) is 38.0 Å². The highest BCUT2D eigenvalue weighted by Crippen LogP contribution is 2.18. The Kier molecular flexibility index (Phi) is 5.79. The summed E-state index contributed by atoms with van der Waals surface area (Å²) in [5, 5.41) is 3.44. The van der Waals surface area contributed by atoms with Crippen molar-refractivity contribution in [3.63, 3.8) is 0 Å². The van der Waals surface area contributed by atoms with E-state index in [0.29, 0.717) is 6.04 Å². The minimum Gasteiger partial charge on any atom is -0.317 e. The number of hydrogen-bond donors (Lipinski definition) is 1. The first kappa shape index (κ1) is 14.9. The Labute approximate surface area is 124 Å². The molecule has 0 bridgehead atoms. The zero-order valence-corrected chi connectivity index (χ0v) is 13.5. The zero-order chi connectivity index (χ0) is 13.7. The number of piperidine rings is 1. The van der Waals surface area contributed by atoms with E-state index in [1.807, 2.05) is 12.4 Å². The van der Waals surface area contributed by atoms with Crippen molar-refractivity contribution in [2.75, 3.05) is 19.6 Å². The molecule has 0 aromatic carbocycles. The molecule has 1 saturated heterocycles. The highest BCUT2D eigenvalue weighted by atomic mass is 79.9. The van der Waals surface area contributed by atoms with Crippen molar-refractivity contribution in [3.05, 3.63) is 28.5 Å². The van der Waals surface area contributed by atoms with Gasteiger partial charge >= 0.3 is 0 Å². The Bertz CT molecular complexity index is 389. The van der Waals surface area contributed by atoms with Crippen LogP contribution in [0.15, 0.2) is 22.9 Å². The normalized spacial score (nSPS) is 17.3. The van der Waals surface area contributed by atoms with Crippen LogP contribution >= 0.6 is 15.9 Å². The van der Waals surface area contributed by atoms with Crippen LogP contribution < -0.4 is 5.32 Å². The minimum absolute atomic E-state index is 0.578. The molecule has 0 aliphatic carbocycles. The fourth-order valence-electron chi connectivity index (χ4n) is 2.63. The molecule has 106 valence electrons. The molecule has 3 nitrogen and oxygen atoms in total. The second-order valence-corrected chi connectivity index (χ2v) is 6.64. The maximum Gasteiger partial charge on any atom is 0.0410 e. The molecule has 4 heteroatoms. The average Bonchev–Trinajstić information content (AvgIpc) is 2.39. The van der Waals surface area contributed by atoms with E-state index in [0.717, 1.165) is 16.9 Å². The van der Waals surface area contributed by atoms with Crippen LogP contribution in [0.4, 0.5) is 0 Å². The third-order valence-corrected chi connectivity index (χ3v) is 4.26. The molecule has 0 atom stereocenters. The molecule has 0 saturated carbocycles. The average molecular weight is 326 g/mol. The lowest BCUT2D eigenvalue weighted by atomic mass is 9.97. The van der Waals surface area contributed by atoms with E-state index < -0.39 is 0 Å². The fraction of sp³-hybridized carbons (Fsp3) is 0.667. The second-order valence-electron chi connectivity index (χ2n) is 5.73. The Morgan fingerprint density at radius 3 is 2.74 bits per heavy atom. The van der Waals surface area contributed by atoms with Gasteiger partial charge < -0.3 is 5.32 Å². The van der Waals surface area contributed by atoms with Gasteiger partial charge in [-0.1, -0.05) is 0 Å². The zero-order valence-electron chi connectivity index (χ0n) is 11.9. The number of halogens is 1. The maximum atomic E-state index is 4.26. The standard InChI is InChI=1S/C15H24BrN3/c1-12(2)19(10-13-3-5-17-6-4-13)11-14-7-15(16)9-18-8-14/h7-9,12-13,17H,3-6,10-11H2,1-2H3. The molecule has 1 N–H and O–H groups in total. The largest absolute Gasteiger partial charge is 0.317 e. The maximum absolute atomic E-state index is 4.26. The minimum atomic E-state index is 0.578. The fourth-order valence-corrected chi connectivity index (χ4v) is 3.04. The molecule has 1 aromatic rings. The van der Waals surface area contributed by atoms with Crippen LogP contribution in [-0.4, -0.2) is 35.6 Å². The molecular formula is C15H24BrN3. The van der Waals surface area contributed by atoms with Crippen molar-refractivity contribution in [1.29, 1.82) is 0 Å². The van der Waals surface area contributed by atoms with Crippen molar-refractivity contribution < 1.29 is 0 Å². The lowest BCUT2D eigenvalue weighted by Crippen LogP contribution is -2.39. The van der Waals surface area contributed by atoms with Gasteiger partial charge in [-0.05, 0) is 73.3 Å². The molecule has 1 aliphatic rings. The molecule has 0 amide bonds. The number of hydrogen-bond acceptors (Lipinski definition) is 3. The lowest BCUT2D eigenvalue weighted by molar-refractivity contribution is 0.161. The summed E-state index contributed by atoms with van der Waals surface area (Å²) in [7, 11) is 0. The molecule has 1 fully saturated rings. The topological polar surface area (TPSA) is 28.2 Å². The molecule has 0 spiro atoms. The Balaban J connectivity index is 1.95. The van der Waals surface area contributed by atoms with E-state index in [2.05, 4.69) is 51.0 Å². The van der Waals surface area contributed by atoms with Gasteiger partial charge in [-0.3, -0.25) is 9.88 Å². The van der Waals surface area contributed by atoms with Gasteiger partial charge in [-0.15, -0.1) is 0 Å². The van der Waals surface area contributed by atoms with Gasteiger partial charge in [-0.2, -0.15) is 0 Å². The predicted octanol–water partition coefficient (Wildman–Crippen LogP) is 3.05. The third kappa shape index (κ3) is 4.86. The smallest absolute Gasteiger partial charge is 0.0410 e. The number of nitrogens with zero attached hydrogens (tertiary/aromatic N) is 2. The summed E-state index contributed by atoms with van der Waals surface area (Å²) >= 11 is 3.50. The summed E-state index contributed by atoms with van der Waals surface area (Å²) in [4.78, 5) is 6.83. The van der Waals surface area contributed by atoms with E-state index in [-0.39, 0.29) is 0 Å². The van der Waals surface area contributed by atoms with Crippen LogP contribution in [0.25, 0.3) is 0 Å². The summed E-state index contributed by atoms with van der Waals surface area (Å²) in [6, 6.07) is 2.75. The van der Waals surface area contributed by atoms with E-state index in [4.69, 9.17) is 0 Å². The molecule has 1 aliphatic heterocycles. The SMILES string of the molecule is CC(C)N(Cc1cncc(Br)c1)CC1CCNCC1. The number of pyridine rings is 1. The molecule has 2 rings (SSSR count). The lowest BCUT2D eigenvalue weighted by Gasteiger charge is -2.32. The third-order valence-electron chi connectivity index (χ3n) is 3.83. The Morgan fingerprint density at radius 2 is 2.11 bits per heavy atom. The Hall–Kier alpha value is -0.450. The number of nitrogens with one attached hydrogen (secondary N) is 1. The van der Waals surface area contributed by atoms with Crippen molar-refractivity contribution in [2.24, 2.45) is 5.92 Å². The molecule has 19 heavy (non-hydrogen) atoms. The number of rotatable bonds is 5. The van der Waals surface area contributed by atoms with Crippen LogP contribution in [0.3, 0.4) is 0 Å². The van der Waals surface area contributed by atoms with Crippen LogP contribution in [0, 0.1) is 5.92 Å². The van der Waals surface area contributed by atoms with Gasteiger partial charge in [0.15, 0.2) is 0 Å². The second kappa shape index (κ2) is 7.36. The monoisotopic (exact) mass is 325 g/mol. The van der Waals surface area contributed by atoms with Gasteiger partial charge in [0, 0.05) is 36.0 Å². The van der Waals surface area contributed by atoms with Crippen molar-refractivity contribution in [1.82, 2.24) is 15.2 Å². The van der Waals surface area contributed by atoms with Crippen molar-refractivity contribution in [3.8, 4) is 0 Å².